The zero-order chi connectivity index (χ0) is 10.2. The van der Waals surface area contributed by atoms with Gasteiger partial charge in [0.15, 0.2) is 0 Å². The van der Waals surface area contributed by atoms with Gasteiger partial charge in [-0.25, -0.2) is 0 Å². The fourth-order valence-electron chi connectivity index (χ4n) is 0.733. The van der Waals surface area contributed by atoms with E-state index in [0.29, 0.717) is 12.6 Å². The first-order valence-electron chi connectivity index (χ1n) is 4.60. The van der Waals surface area contributed by atoms with Gasteiger partial charge in [0.25, 0.3) is 0 Å². The summed E-state index contributed by atoms with van der Waals surface area (Å²) in [4.78, 5) is 0. The van der Waals surface area contributed by atoms with Crippen LogP contribution in [0.2, 0.25) is 6.04 Å². The Morgan fingerprint density at radius 2 is 1.38 bits per heavy atom. The minimum atomic E-state index is -2.34. The van der Waals surface area contributed by atoms with Crippen molar-refractivity contribution < 1.29 is 13.3 Å². The molecule has 0 atom stereocenters. The van der Waals surface area contributed by atoms with Crippen molar-refractivity contribution in [1.29, 1.82) is 0 Å². The molecule has 2 N–H and O–H groups in total. The van der Waals surface area contributed by atoms with E-state index >= 15 is 0 Å². The Hall–Kier alpha value is 0.0569. The quantitative estimate of drug-likeness (QED) is 0.683. The summed E-state index contributed by atoms with van der Waals surface area (Å²) in [6.45, 7) is 0.530. The third kappa shape index (κ3) is 6.17. The van der Waals surface area contributed by atoms with Crippen molar-refractivity contribution in [2.45, 2.75) is 25.3 Å². The third-order valence-corrected chi connectivity index (χ3v) is 4.50. The Bertz CT molecular complexity index is 107. The number of hydrogen-bond acceptors (Lipinski definition) is 4. The number of nitrogens with two attached hydrogens (primary N) is 1. The lowest BCUT2D eigenvalue weighted by Crippen LogP contribution is -2.44. The molecule has 13 heavy (non-hydrogen) atoms. The third-order valence-electron chi connectivity index (χ3n) is 1.74. The van der Waals surface area contributed by atoms with Gasteiger partial charge in [-0.2, -0.15) is 0 Å². The highest BCUT2D eigenvalue weighted by Crippen LogP contribution is 2.14. The lowest BCUT2D eigenvalue weighted by atomic mass is 10.8. The first kappa shape index (κ1) is 13.1. The van der Waals surface area contributed by atoms with Crippen LogP contribution in [0, 0.1) is 0 Å². The van der Waals surface area contributed by atoms with Crippen LogP contribution in [0.5, 0.6) is 0 Å². The first-order valence-corrected chi connectivity index (χ1v) is 6.53. The zero-order valence-electron chi connectivity index (χ0n) is 8.84. The Balaban J connectivity index is 0.000000396. The Kier molecular flexibility index (Phi) is 7.49. The van der Waals surface area contributed by atoms with Crippen LogP contribution in [0.3, 0.4) is 0 Å². The standard InChI is InChI=1S/C5H15NO3Si.C3H6/c1-7-10(8-2,9-3)5-4-6;1-2-3-1/h4-6H2,1-3H3;1-3H2. The van der Waals surface area contributed by atoms with E-state index in [0.717, 1.165) is 0 Å². The molecule has 1 aliphatic carbocycles. The maximum absolute atomic E-state index is 5.34. The molecule has 1 saturated carbocycles. The summed E-state index contributed by atoms with van der Waals surface area (Å²) in [6, 6.07) is 0.663. The van der Waals surface area contributed by atoms with Gasteiger partial charge in [0.1, 0.15) is 0 Å². The molecule has 0 saturated heterocycles. The summed E-state index contributed by atoms with van der Waals surface area (Å²) in [7, 11) is 2.39. The minimum Gasteiger partial charge on any atom is -0.377 e. The van der Waals surface area contributed by atoms with E-state index in [-0.39, 0.29) is 0 Å². The molecule has 0 radical (unpaired) electrons. The average molecular weight is 207 g/mol. The van der Waals surface area contributed by atoms with Gasteiger partial charge in [0.2, 0.25) is 0 Å². The molecule has 0 aromatic rings. The van der Waals surface area contributed by atoms with Crippen LogP contribution in [0.15, 0.2) is 0 Å². The minimum absolute atomic E-state index is 0.530. The molecule has 5 heteroatoms. The molecule has 0 aromatic heterocycles. The predicted molar refractivity (Wildman–Crippen MR) is 54.5 cm³/mol. The summed E-state index contributed by atoms with van der Waals surface area (Å²) in [5.74, 6) is 0. The van der Waals surface area contributed by atoms with Crippen molar-refractivity contribution in [2.24, 2.45) is 5.73 Å². The molecule has 1 aliphatic rings. The van der Waals surface area contributed by atoms with Crippen molar-refractivity contribution in [3.63, 3.8) is 0 Å². The summed E-state index contributed by atoms with van der Waals surface area (Å²) in [5.41, 5.74) is 5.34. The van der Waals surface area contributed by atoms with Crippen LogP contribution >= 0.6 is 0 Å². The van der Waals surface area contributed by atoms with Gasteiger partial charge in [0, 0.05) is 27.4 Å². The van der Waals surface area contributed by atoms with Crippen LogP contribution in [-0.2, 0) is 13.3 Å². The van der Waals surface area contributed by atoms with Gasteiger partial charge in [-0.05, 0) is 6.54 Å². The topological polar surface area (TPSA) is 53.7 Å². The maximum Gasteiger partial charge on any atom is 0.501 e. The summed E-state index contributed by atoms with van der Waals surface area (Å²) in [5, 5.41) is 0. The number of hydrogen-bond donors (Lipinski definition) is 1. The fourth-order valence-corrected chi connectivity index (χ4v) is 2.20. The summed E-state index contributed by atoms with van der Waals surface area (Å²) >= 11 is 0. The highest BCUT2D eigenvalue weighted by Gasteiger charge is 2.36. The molecular weight excluding hydrogens is 186 g/mol. The molecule has 0 heterocycles. The molecule has 1 rings (SSSR count). The van der Waals surface area contributed by atoms with E-state index in [1.54, 1.807) is 21.3 Å². The van der Waals surface area contributed by atoms with E-state index in [4.69, 9.17) is 19.0 Å². The molecule has 0 spiro atoms. The molecule has 0 amide bonds. The van der Waals surface area contributed by atoms with Gasteiger partial charge in [-0.3, -0.25) is 0 Å². The Morgan fingerprint density at radius 3 is 1.46 bits per heavy atom. The lowest BCUT2D eigenvalue weighted by molar-refractivity contribution is 0.124. The predicted octanol–water partition coefficient (Wildman–Crippen LogP) is 0.993. The molecule has 4 nitrogen and oxygen atoms in total. The monoisotopic (exact) mass is 207 g/mol. The Morgan fingerprint density at radius 1 is 1.00 bits per heavy atom. The second kappa shape index (κ2) is 7.46. The fraction of sp³-hybridized carbons (Fsp3) is 1.00. The zero-order valence-corrected chi connectivity index (χ0v) is 9.84. The lowest BCUT2D eigenvalue weighted by Gasteiger charge is -2.23. The van der Waals surface area contributed by atoms with Gasteiger partial charge < -0.3 is 19.0 Å². The normalized spacial score (nSPS) is 14.8. The summed E-state index contributed by atoms with van der Waals surface area (Å²) in [6.07, 6.45) is 4.50. The molecule has 0 unspecified atom stereocenters. The molecule has 0 bridgehead atoms. The van der Waals surface area contributed by atoms with E-state index in [2.05, 4.69) is 0 Å². The molecule has 0 aromatic carbocycles. The SMILES string of the molecule is C1CC1.CO[Si](CCN)(OC)OC. The molecule has 0 aliphatic heterocycles. The summed E-state index contributed by atoms with van der Waals surface area (Å²) < 4.78 is 15.3. The highest BCUT2D eigenvalue weighted by molar-refractivity contribution is 6.60. The number of rotatable bonds is 5. The largest absolute Gasteiger partial charge is 0.501 e. The average Bonchev–Trinajstić information content (AvgIpc) is 3.01. The van der Waals surface area contributed by atoms with Crippen LogP contribution in [0.25, 0.3) is 0 Å². The van der Waals surface area contributed by atoms with Gasteiger partial charge in [0.05, 0.1) is 0 Å². The van der Waals surface area contributed by atoms with Crippen LogP contribution in [0.4, 0.5) is 0 Å². The van der Waals surface area contributed by atoms with Crippen molar-refractivity contribution in [1.82, 2.24) is 0 Å². The first-order chi connectivity index (χ1) is 6.24. The van der Waals surface area contributed by atoms with Crippen molar-refractivity contribution in [3.05, 3.63) is 0 Å². The van der Waals surface area contributed by atoms with E-state index in [9.17, 15) is 0 Å². The van der Waals surface area contributed by atoms with E-state index < -0.39 is 8.80 Å². The van der Waals surface area contributed by atoms with Gasteiger partial charge in [-0.15, -0.1) is 0 Å². The molecular formula is C8H21NO3Si. The van der Waals surface area contributed by atoms with E-state index in [1.165, 1.54) is 19.3 Å². The maximum atomic E-state index is 5.34. The van der Waals surface area contributed by atoms with Crippen molar-refractivity contribution in [3.8, 4) is 0 Å². The van der Waals surface area contributed by atoms with Crippen LogP contribution in [0.1, 0.15) is 19.3 Å². The van der Waals surface area contributed by atoms with Gasteiger partial charge >= 0.3 is 8.80 Å². The second-order valence-electron chi connectivity index (χ2n) is 2.89. The van der Waals surface area contributed by atoms with Crippen LogP contribution < -0.4 is 5.73 Å². The van der Waals surface area contributed by atoms with E-state index in [1.807, 2.05) is 0 Å². The smallest absolute Gasteiger partial charge is 0.377 e. The molecule has 1 fully saturated rings. The Labute approximate surface area is 81.7 Å². The van der Waals surface area contributed by atoms with Crippen molar-refractivity contribution in [2.75, 3.05) is 27.9 Å². The van der Waals surface area contributed by atoms with Gasteiger partial charge in [-0.1, -0.05) is 19.3 Å². The van der Waals surface area contributed by atoms with Crippen LogP contribution in [-0.4, -0.2) is 36.7 Å². The highest BCUT2D eigenvalue weighted by atomic mass is 28.4. The van der Waals surface area contributed by atoms with Crippen molar-refractivity contribution >= 4 is 8.80 Å². The molecule has 80 valence electrons. The second-order valence-corrected chi connectivity index (χ2v) is 5.99.